The van der Waals surface area contributed by atoms with Crippen LogP contribution in [0, 0.1) is 5.92 Å². The van der Waals surface area contributed by atoms with Gasteiger partial charge in [0.25, 0.3) is 5.91 Å². The van der Waals surface area contributed by atoms with E-state index < -0.39 is 6.17 Å². The van der Waals surface area contributed by atoms with Crippen molar-refractivity contribution in [2.24, 2.45) is 17.4 Å². The highest BCUT2D eigenvalue weighted by molar-refractivity contribution is 14.1. The first kappa shape index (κ1) is 25.1. The monoisotopic (exact) mass is 531 g/mol. The van der Waals surface area contributed by atoms with Crippen molar-refractivity contribution < 1.29 is 4.79 Å². The molecule has 4 nitrogen and oxygen atoms in total. The van der Waals surface area contributed by atoms with Crippen LogP contribution < -0.4 is 11.5 Å². The molecule has 0 fully saturated rings. The van der Waals surface area contributed by atoms with E-state index in [1.165, 1.54) is 0 Å². The van der Waals surface area contributed by atoms with E-state index in [2.05, 4.69) is 56.2 Å². The van der Waals surface area contributed by atoms with Crippen molar-refractivity contribution in [2.75, 3.05) is 0 Å². The van der Waals surface area contributed by atoms with Gasteiger partial charge >= 0.3 is 0 Å². The largest absolute Gasteiger partial charge is 0.399 e. The smallest absolute Gasteiger partial charge is 0.255 e. The van der Waals surface area contributed by atoms with Crippen LogP contribution in [-0.4, -0.2) is 17.0 Å². The fourth-order valence-corrected chi connectivity index (χ4v) is 3.90. The average molecular weight is 531 g/mol. The van der Waals surface area contributed by atoms with Gasteiger partial charge in [0.1, 0.15) is 0 Å². The van der Waals surface area contributed by atoms with Gasteiger partial charge in [-0.25, -0.2) is 0 Å². The summed E-state index contributed by atoms with van der Waals surface area (Å²) in [6.45, 7) is 16.4. The first-order valence-corrected chi connectivity index (χ1v) is 11.7. The SMILES string of the molecule is C=C(I)/C=C\C(=C\CC(N)N1C(=O)c2ccccc2C1CC(=C)CCC(C)C)C(=C)N. The Labute approximate surface area is 200 Å². The highest BCUT2D eigenvalue weighted by Crippen LogP contribution is 2.39. The molecule has 31 heavy (non-hydrogen) atoms. The molecule has 2 atom stereocenters. The molecule has 0 spiro atoms. The molecule has 2 unspecified atom stereocenters. The minimum Gasteiger partial charge on any atom is -0.399 e. The Morgan fingerprint density at radius 3 is 2.52 bits per heavy atom. The van der Waals surface area contributed by atoms with Crippen LogP contribution in [0.5, 0.6) is 0 Å². The van der Waals surface area contributed by atoms with Gasteiger partial charge in [-0.15, -0.1) is 0 Å². The molecular formula is C26H34IN3O. The number of benzene rings is 1. The topological polar surface area (TPSA) is 72.3 Å². The van der Waals surface area contributed by atoms with E-state index in [-0.39, 0.29) is 11.9 Å². The van der Waals surface area contributed by atoms with Gasteiger partial charge in [0, 0.05) is 14.8 Å². The summed E-state index contributed by atoms with van der Waals surface area (Å²) in [5.74, 6) is 0.592. The lowest BCUT2D eigenvalue weighted by atomic mass is 9.94. The predicted octanol–water partition coefficient (Wildman–Crippen LogP) is 6.14. The number of halogens is 1. The third kappa shape index (κ3) is 6.94. The van der Waals surface area contributed by atoms with Crippen molar-refractivity contribution in [1.29, 1.82) is 0 Å². The van der Waals surface area contributed by atoms with E-state index in [0.29, 0.717) is 18.0 Å². The predicted molar refractivity (Wildman–Crippen MR) is 139 cm³/mol. The highest BCUT2D eigenvalue weighted by atomic mass is 127. The second kappa shape index (κ2) is 11.5. The molecule has 1 aliphatic heterocycles. The fraction of sp³-hybridized carbons (Fsp3) is 0.346. The van der Waals surface area contributed by atoms with Gasteiger partial charge in [0.15, 0.2) is 0 Å². The maximum Gasteiger partial charge on any atom is 0.255 e. The summed E-state index contributed by atoms with van der Waals surface area (Å²) in [7, 11) is 0. The maximum absolute atomic E-state index is 13.2. The second-order valence-corrected chi connectivity index (χ2v) is 9.86. The standard InChI is InChI=1S/C26H34IN3O/c1-17(2)10-11-18(3)16-24-22-8-6-7-9-23(22)26(31)30(24)25(29)15-14-21(20(5)28)13-12-19(4)27/h6-9,12-14,17,24-25H,3-5,10-11,15-16,28-29H2,1-2H3/b13-12-,21-14-. The molecule has 4 N–H and O–H groups in total. The Kier molecular flexibility index (Phi) is 9.32. The van der Waals surface area contributed by atoms with Gasteiger partial charge in [0.05, 0.1) is 12.2 Å². The fourth-order valence-electron chi connectivity index (χ4n) is 3.72. The number of fused-ring (bicyclic) bond motifs is 1. The van der Waals surface area contributed by atoms with Crippen LogP contribution in [0.4, 0.5) is 0 Å². The van der Waals surface area contributed by atoms with Crippen LogP contribution >= 0.6 is 22.6 Å². The van der Waals surface area contributed by atoms with Crippen LogP contribution in [0.25, 0.3) is 0 Å². The molecule has 0 saturated carbocycles. The summed E-state index contributed by atoms with van der Waals surface area (Å²) < 4.78 is 0.888. The van der Waals surface area contributed by atoms with Crippen molar-refractivity contribution in [1.82, 2.24) is 4.90 Å². The first-order chi connectivity index (χ1) is 14.6. The van der Waals surface area contributed by atoms with Crippen molar-refractivity contribution in [2.45, 2.75) is 51.7 Å². The van der Waals surface area contributed by atoms with E-state index in [0.717, 1.165) is 45.1 Å². The normalized spacial score (nSPS) is 17.3. The number of hydrogen-bond donors (Lipinski definition) is 2. The third-order valence-electron chi connectivity index (χ3n) is 5.43. The van der Waals surface area contributed by atoms with Crippen LogP contribution in [0.2, 0.25) is 0 Å². The molecule has 0 radical (unpaired) electrons. The van der Waals surface area contributed by atoms with Crippen molar-refractivity contribution in [3.8, 4) is 0 Å². The van der Waals surface area contributed by atoms with Gasteiger partial charge in [0.2, 0.25) is 0 Å². The average Bonchev–Trinajstić information content (AvgIpc) is 2.97. The van der Waals surface area contributed by atoms with Crippen LogP contribution in [-0.2, 0) is 0 Å². The number of rotatable bonds is 11. The minimum absolute atomic E-state index is 0.0255. The minimum atomic E-state index is -0.478. The summed E-state index contributed by atoms with van der Waals surface area (Å²) in [4.78, 5) is 15.0. The van der Waals surface area contributed by atoms with Gasteiger partial charge < -0.3 is 16.4 Å². The summed E-state index contributed by atoms with van der Waals surface area (Å²) in [6.07, 6.45) is 8.43. The number of hydrogen-bond acceptors (Lipinski definition) is 3. The maximum atomic E-state index is 13.2. The molecule has 1 heterocycles. The molecular weight excluding hydrogens is 497 g/mol. The number of allylic oxidation sites excluding steroid dienone is 3. The van der Waals surface area contributed by atoms with Crippen LogP contribution in [0.1, 0.15) is 61.5 Å². The lowest BCUT2D eigenvalue weighted by Gasteiger charge is -2.31. The molecule has 0 aromatic heterocycles. The zero-order valence-electron chi connectivity index (χ0n) is 18.6. The molecule has 0 bridgehead atoms. The van der Waals surface area contributed by atoms with Gasteiger partial charge in [-0.1, -0.05) is 69.5 Å². The zero-order chi connectivity index (χ0) is 23.1. The van der Waals surface area contributed by atoms with Gasteiger partial charge in [-0.3, -0.25) is 4.79 Å². The zero-order valence-corrected chi connectivity index (χ0v) is 20.8. The van der Waals surface area contributed by atoms with E-state index in [1.807, 2.05) is 42.5 Å². The molecule has 5 heteroatoms. The first-order valence-electron chi connectivity index (χ1n) is 10.6. The van der Waals surface area contributed by atoms with Gasteiger partial charge in [-0.05, 0) is 77.5 Å². The summed E-state index contributed by atoms with van der Waals surface area (Å²) in [6, 6.07) is 7.68. The lowest BCUT2D eigenvalue weighted by Crippen LogP contribution is -2.44. The van der Waals surface area contributed by atoms with E-state index in [9.17, 15) is 4.79 Å². The Hall–Kier alpha value is -2.12. The van der Waals surface area contributed by atoms with Gasteiger partial charge in [-0.2, -0.15) is 0 Å². The van der Waals surface area contributed by atoms with E-state index in [1.54, 1.807) is 4.90 Å². The number of carbonyl (C=O) groups excluding carboxylic acids is 1. The summed E-state index contributed by atoms with van der Waals surface area (Å²) in [5, 5.41) is 0. The number of nitrogens with zero attached hydrogens (tertiary/aromatic N) is 1. The number of carbonyl (C=O) groups is 1. The highest BCUT2D eigenvalue weighted by Gasteiger charge is 2.39. The van der Waals surface area contributed by atoms with Crippen molar-refractivity contribution in [3.63, 3.8) is 0 Å². The Morgan fingerprint density at radius 2 is 1.90 bits per heavy atom. The third-order valence-corrected chi connectivity index (χ3v) is 5.79. The van der Waals surface area contributed by atoms with E-state index >= 15 is 0 Å². The Morgan fingerprint density at radius 1 is 1.23 bits per heavy atom. The Bertz CT molecular complexity index is 913. The van der Waals surface area contributed by atoms with E-state index in [4.69, 9.17) is 11.5 Å². The second-order valence-electron chi connectivity index (χ2n) is 8.47. The van der Waals surface area contributed by atoms with Crippen LogP contribution in [0.15, 0.2) is 82.7 Å². The molecule has 1 aromatic carbocycles. The molecule has 1 amide bonds. The lowest BCUT2D eigenvalue weighted by molar-refractivity contribution is 0.0632. The molecule has 0 aliphatic carbocycles. The van der Waals surface area contributed by atoms with Crippen molar-refractivity contribution >= 4 is 28.5 Å². The molecule has 0 saturated heterocycles. The summed E-state index contributed by atoms with van der Waals surface area (Å²) in [5.41, 5.74) is 16.6. The van der Waals surface area contributed by atoms with Crippen LogP contribution in [0.3, 0.4) is 0 Å². The molecule has 1 aliphatic rings. The molecule has 1 aromatic rings. The quantitative estimate of drug-likeness (QED) is 0.205. The van der Waals surface area contributed by atoms with Crippen molar-refractivity contribution in [3.05, 3.63) is 93.8 Å². The molecule has 2 rings (SSSR count). The molecule has 166 valence electrons. The summed E-state index contributed by atoms with van der Waals surface area (Å²) >= 11 is 2.13. The number of nitrogens with two attached hydrogens (primary N) is 2. The number of amides is 1. The Balaban J connectivity index is 2.25.